The molecule has 1 heterocycles. The van der Waals surface area contributed by atoms with Crippen LogP contribution in [0.4, 0.5) is 0 Å². The molecule has 2 heteroatoms. The van der Waals surface area contributed by atoms with E-state index < -0.39 is 0 Å². The molecule has 0 fully saturated rings. The molecule has 1 aromatic carbocycles. The SMILES string of the molecule is C=C(CC)Cn1cc(CNC(C)C)c2ccccc21. The van der Waals surface area contributed by atoms with Crippen LogP contribution in [0.3, 0.4) is 0 Å². The zero-order valence-electron chi connectivity index (χ0n) is 12.2. The van der Waals surface area contributed by atoms with Crippen LogP contribution in [0.1, 0.15) is 32.8 Å². The summed E-state index contributed by atoms with van der Waals surface area (Å²) in [5.41, 5.74) is 3.94. The smallest absolute Gasteiger partial charge is 0.0486 e. The van der Waals surface area contributed by atoms with E-state index in [4.69, 9.17) is 0 Å². The minimum Gasteiger partial charge on any atom is -0.343 e. The molecule has 2 aromatic rings. The molecule has 0 aliphatic carbocycles. The van der Waals surface area contributed by atoms with Gasteiger partial charge in [0.2, 0.25) is 0 Å². The number of fused-ring (bicyclic) bond motifs is 1. The van der Waals surface area contributed by atoms with Crippen LogP contribution in [0, 0.1) is 0 Å². The summed E-state index contributed by atoms with van der Waals surface area (Å²) in [7, 11) is 0. The molecule has 0 radical (unpaired) electrons. The van der Waals surface area contributed by atoms with Gasteiger partial charge in [-0.15, -0.1) is 0 Å². The molecule has 0 amide bonds. The van der Waals surface area contributed by atoms with Crippen LogP contribution in [0.2, 0.25) is 0 Å². The molecule has 19 heavy (non-hydrogen) atoms. The van der Waals surface area contributed by atoms with Crippen molar-refractivity contribution in [2.45, 2.75) is 46.3 Å². The number of aromatic nitrogens is 1. The monoisotopic (exact) mass is 256 g/mol. The van der Waals surface area contributed by atoms with Gasteiger partial charge >= 0.3 is 0 Å². The van der Waals surface area contributed by atoms with Gasteiger partial charge in [-0.3, -0.25) is 0 Å². The normalized spacial score (nSPS) is 11.4. The summed E-state index contributed by atoms with van der Waals surface area (Å²) in [6.45, 7) is 12.5. The highest BCUT2D eigenvalue weighted by Crippen LogP contribution is 2.22. The van der Waals surface area contributed by atoms with Crippen LogP contribution < -0.4 is 5.32 Å². The minimum absolute atomic E-state index is 0.507. The quantitative estimate of drug-likeness (QED) is 0.770. The lowest BCUT2D eigenvalue weighted by Gasteiger charge is -2.07. The van der Waals surface area contributed by atoms with Crippen molar-refractivity contribution in [3.63, 3.8) is 0 Å². The van der Waals surface area contributed by atoms with Gasteiger partial charge in [0.1, 0.15) is 0 Å². The number of benzene rings is 1. The zero-order valence-corrected chi connectivity index (χ0v) is 12.2. The Morgan fingerprint density at radius 2 is 2.05 bits per heavy atom. The highest BCUT2D eigenvalue weighted by Gasteiger charge is 2.08. The third kappa shape index (κ3) is 3.27. The molecule has 0 atom stereocenters. The molecular weight excluding hydrogens is 232 g/mol. The maximum absolute atomic E-state index is 4.12. The van der Waals surface area contributed by atoms with E-state index in [9.17, 15) is 0 Å². The number of hydrogen-bond acceptors (Lipinski definition) is 1. The molecule has 102 valence electrons. The van der Waals surface area contributed by atoms with Gasteiger partial charge in [0, 0.05) is 36.2 Å². The fourth-order valence-corrected chi connectivity index (χ4v) is 2.26. The van der Waals surface area contributed by atoms with Crippen molar-refractivity contribution in [2.24, 2.45) is 0 Å². The summed E-state index contributed by atoms with van der Waals surface area (Å²) in [6, 6.07) is 9.12. The number of para-hydroxylation sites is 1. The fourth-order valence-electron chi connectivity index (χ4n) is 2.26. The molecular formula is C17H24N2. The Morgan fingerprint density at radius 3 is 2.74 bits per heavy atom. The lowest BCUT2D eigenvalue weighted by atomic mass is 10.1. The molecule has 0 aliphatic heterocycles. The molecule has 0 spiro atoms. The lowest BCUT2D eigenvalue weighted by Crippen LogP contribution is -2.21. The zero-order chi connectivity index (χ0) is 13.8. The summed E-state index contributed by atoms with van der Waals surface area (Å²) in [5.74, 6) is 0. The van der Waals surface area contributed by atoms with Gasteiger partial charge in [-0.1, -0.05) is 51.1 Å². The summed E-state index contributed by atoms with van der Waals surface area (Å²) in [4.78, 5) is 0. The summed E-state index contributed by atoms with van der Waals surface area (Å²) in [6.07, 6.45) is 3.30. The molecule has 0 saturated carbocycles. The second kappa shape index (κ2) is 6.07. The van der Waals surface area contributed by atoms with Crippen molar-refractivity contribution in [2.75, 3.05) is 0 Å². The number of nitrogens with zero attached hydrogens (tertiary/aromatic N) is 1. The molecule has 0 saturated heterocycles. The Bertz CT molecular complexity index is 564. The van der Waals surface area contributed by atoms with E-state index in [1.807, 2.05) is 0 Å². The third-order valence-electron chi connectivity index (χ3n) is 3.47. The van der Waals surface area contributed by atoms with E-state index in [-0.39, 0.29) is 0 Å². The molecule has 0 bridgehead atoms. The molecule has 1 aromatic heterocycles. The van der Waals surface area contributed by atoms with Crippen LogP contribution in [-0.2, 0) is 13.1 Å². The van der Waals surface area contributed by atoms with Crippen molar-refractivity contribution >= 4 is 10.9 Å². The maximum atomic E-state index is 4.12. The number of nitrogens with one attached hydrogen (secondary N) is 1. The highest BCUT2D eigenvalue weighted by atomic mass is 15.0. The average molecular weight is 256 g/mol. The molecule has 2 rings (SSSR count). The number of hydrogen-bond donors (Lipinski definition) is 1. The summed E-state index contributed by atoms with van der Waals surface area (Å²) < 4.78 is 2.32. The van der Waals surface area contributed by atoms with E-state index in [1.54, 1.807) is 0 Å². The van der Waals surface area contributed by atoms with Crippen molar-refractivity contribution in [3.8, 4) is 0 Å². The first-order valence-electron chi connectivity index (χ1n) is 7.08. The first-order valence-corrected chi connectivity index (χ1v) is 7.08. The topological polar surface area (TPSA) is 17.0 Å². The van der Waals surface area contributed by atoms with Crippen LogP contribution >= 0.6 is 0 Å². The minimum atomic E-state index is 0.507. The van der Waals surface area contributed by atoms with E-state index >= 15 is 0 Å². The Kier molecular flexibility index (Phi) is 4.43. The van der Waals surface area contributed by atoms with Crippen molar-refractivity contribution in [1.29, 1.82) is 0 Å². The largest absolute Gasteiger partial charge is 0.343 e. The van der Waals surface area contributed by atoms with Gasteiger partial charge < -0.3 is 9.88 Å². The van der Waals surface area contributed by atoms with E-state index in [1.165, 1.54) is 22.0 Å². The first-order chi connectivity index (χ1) is 9.11. The Morgan fingerprint density at radius 1 is 1.32 bits per heavy atom. The second-order valence-corrected chi connectivity index (χ2v) is 5.44. The molecule has 0 unspecified atom stereocenters. The third-order valence-corrected chi connectivity index (χ3v) is 3.47. The van der Waals surface area contributed by atoms with Crippen LogP contribution in [0.15, 0.2) is 42.6 Å². The van der Waals surface area contributed by atoms with E-state index in [2.05, 4.69) is 67.7 Å². The van der Waals surface area contributed by atoms with Crippen LogP contribution in [0.5, 0.6) is 0 Å². The molecule has 0 aliphatic rings. The molecule has 2 nitrogen and oxygen atoms in total. The van der Waals surface area contributed by atoms with Crippen molar-refractivity contribution in [1.82, 2.24) is 9.88 Å². The predicted octanol–water partition coefficient (Wildman–Crippen LogP) is 4.11. The van der Waals surface area contributed by atoms with Crippen molar-refractivity contribution in [3.05, 3.63) is 48.2 Å². The lowest BCUT2D eigenvalue weighted by molar-refractivity contribution is 0.589. The maximum Gasteiger partial charge on any atom is 0.0486 e. The van der Waals surface area contributed by atoms with E-state index in [0.29, 0.717) is 6.04 Å². The second-order valence-electron chi connectivity index (χ2n) is 5.44. The average Bonchev–Trinajstić information content (AvgIpc) is 2.75. The first kappa shape index (κ1) is 13.9. The standard InChI is InChI=1S/C17H24N2/c1-5-14(4)11-19-12-15(10-18-13(2)3)16-8-6-7-9-17(16)19/h6-9,12-13,18H,4-5,10-11H2,1-3H3. The van der Waals surface area contributed by atoms with Gasteiger partial charge in [-0.05, 0) is 18.1 Å². The fraction of sp³-hybridized carbons (Fsp3) is 0.412. The Labute approximate surface area is 116 Å². The van der Waals surface area contributed by atoms with Gasteiger partial charge in [0.25, 0.3) is 0 Å². The van der Waals surface area contributed by atoms with Crippen LogP contribution in [-0.4, -0.2) is 10.6 Å². The Hall–Kier alpha value is -1.54. The van der Waals surface area contributed by atoms with Crippen LogP contribution in [0.25, 0.3) is 10.9 Å². The van der Waals surface area contributed by atoms with Gasteiger partial charge in [-0.25, -0.2) is 0 Å². The van der Waals surface area contributed by atoms with Gasteiger partial charge in [0.05, 0.1) is 0 Å². The number of allylic oxidation sites excluding steroid dienone is 1. The van der Waals surface area contributed by atoms with Gasteiger partial charge in [-0.2, -0.15) is 0 Å². The summed E-state index contributed by atoms with van der Waals surface area (Å²) >= 11 is 0. The summed E-state index contributed by atoms with van der Waals surface area (Å²) in [5, 5.41) is 4.85. The van der Waals surface area contributed by atoms with Crippen molar-refractivity contribution < 1.29 is 0 Å². The van der Waals surface area contributed by atoms with Gasteiger partial charge in [0.15, 0.2) is 0 Å². The Balaban J connectivity index is 2.33. The number of rotatable bonds is 6. The highest BCUT2D eigenvalue weighted by molar-refractivity contribution is 5.84. The van der Waals surface area contributed by atoms with E-state index in [0.717, 1.165) is 19.5 Å². The molecule has 1 N–H and O–H groups in total. The predicted molar refractivity (Wildman–Crippen MR) is 83.3 cm³/mol.